The fraction of sp³-hybridized carbons (Fsp3) is 0.833. The van der Waals surface area contributed by atoms with Crippen LogP contribution in [0, 0.1) is 0 Å². The van der Waals surface area contributed by atoms with Gasteiger partial charge in [-0.15, -0.1) is 0 Å². The lowest BCUT2D eigenvalue weighted by Crippen LogP contribution is -2.36. The van der Waals surface area contributed by atoms with Crippen molar-refractivity contribution in [3.05, 3.63) is 0 Å². The van der Waals surface area contributed by atoms with Crippen LogP contribution in [0.2, 0.25) is 0 Å². The van der Waals surface area contributed by atoms with Crippen molar-refractivity contribution in [1.29, 1.82) is 0 Å². The van der Waals surface area contributed by atoms with Crippen LogP contribution in [-0.2, 0) is 9.59 Å². The third kappa shape index (κ3) is 12.1. The molecule has 0 bridgehead atoms. The molecule has 0 aliphatic rings. The molecule has 18 heavy (non-hydrogen) atoms. The van der Waals surface area contributed by atoms with E-state index < -0.39 is 0 Å². The van der Waals surface area contributed by atoms with Crippen molar-refractivity contribution in [2.24, 2.45) is 0 Å². The lowest BCUT2D eigenvalue weighted by atomic mass is 10.5. The van der Waals surface area contributed by atoms with Gasteiger partial charge in [0.15, 0.2) is 0 Å². The van der Waals surface area contributed by atoms with Crippen LogP contribution in [0.1, 0.15) is 26.7 Å². The normalized spacial score (nSPS) is 10.1. The second-order valence-electron chi connectivity index (χ2n) is 3.81. The van der Waals surface area contributed by atoms with Crippen LogP contribution in [0.5, 0.6) is 0 Å². The predicted molar refractivity (Wildman–Crippen MR) is 81.3 cm³/mol. The molecule has 0 aromatic carbocycles. The van der Waals surface area contributed by atoms with Crippen LogP contribution < -0.4 is 10.6 Å². The third-order valence-electron chi connectivity index (χ3n) is 1.93. The molecule has 0 radical (unpaired) electrons. The Morgan fingerprint density at radius 3 is 1.56 bits per heavy atom. The Balaban J connectivity index is 3.32. The van der Waals surface area contributed by atoms with Crippen molar-refractivity contribution in [2.45, 2.75) is 26.7 Å². The molecule has 2 amide bonds. The first-order valence-electron chi connectivity index (χ1n) is 6.39. The molecule has 0 aromatic rings. The van der Waals surface area contributed by atoms with Crippen LogP contribution in [0.25, 0.3) is 0 Å². The molecule has 106 valence electrons. The lowest BCUT2D eigenvalue weighted by Gasteiger charge is -2.06. The molecule has 0 rings (SSSR count). The zero-order chi connectivity index (χ0) is 13.6. The Labute approximate surface area is 118 Å². The van der Waals surface area contributed by atoms with Gasteiger partial charge in [-0.3, -0.25) is 9.59 Å². The Kier molecular flexibility index (Phi) is 12.8. The first-order valence-corrected chi connectivity index (χ1v) is 8.70. The van der Waals surface area contributed by atoms with Gasteiger partial charge < -0.3 is 10.6 Å². The van der Waals surface area contributed by atoms with E-state index in [2.05, 4.69) is 24.5 Å². The summed E-state index contributed by atoms with van der Waals surface area (Å²) in [6, 6.07) is 0. The van der Waals surface area contributed by atoms with Crippen LogP contribution in [0.3, 0.4) is 0 Å². The summed E-state index contributed by atoms with van der Waals surface area (Å²) in [5.41, 5.74) is 0. The maximum atomic E-state index is 11.3. The van der Waals surface area contributed by atoms with Crippen molar-refractivity contribution >= 4 is 35.3 Å². The summed E-state index contributed by atoms with van der Waals surface area (Å²) in [5, 5.41) is 5.57. The summed E-state index contributed by atoms with van der Waals surface area (Å²) in [6.07, 6.45) is 2.17. The van der Waals surface area contributed by atoms with Crippen LogP contribution >= 0.6 is 23.5 Å². The fourth-order valence-corrected chi connectivity index (χ4v) is 2.57. The Morgan fingerprint density at radius 1 is 0.833 bits per heavy atom. The maximum Gasteiger partial charge on any atom is 0.230 e. The quantitative estimate of drug-likeness (QED) is 0.567. The molecule has 0 atom stereocenters. The molecule has 6 heteroatoms. The maximum absolute atomic E-state index is 11.3. The minimum atomic E-state index is 0.0445. The van der Waals surface area contributed by atoms with Crippen LogP contribution in [0.4, 0.5) is 0 Å². The van der Waals surface area contributed by atoms with E-state index in [1.54, 1.807) is 23.5 Å². The monoisotopic (exact) mass is 292 g/mol. The SMILES string of the molecule is CCCSCC(=O)NCCNC(=O)CSCCC. The molecule has 0 heterocycles. The van der Waals surface area contributed by atoms with Crippen LogP contribution in [0.15, 0.2) is 0 Å². The zero-order valence-corrected chi connectivity index (χ0v) is 12.9. The van der Waals surface area contributed by atoms with E-state index in [-0.39, 0.29) is 11.8 Å². The van der Waals surface area contributed by atoms with Gasteiger partial charge in [0.25, 0.3) is 0 Å². The highest BCUT2D eigenvalue weighted by molar-refractivity contribution is 8.00. The average Bonchev–Trinajstić information content (AvgIpc) is 2.35. The molecule has 4 nitrogen and oxygen atoms in total. The fourth-order valence-electron chi connectivity index (χ4n) is 1.12. The van der Waals surface area contributed by atoms with E-state index in [1.807, 2.05) is 0 Å². The first kappa shape index (κ1) is 17.6. The number of thioether (sulfide) groups is 2. The third-order valence-corrected chi connectivity index (χ3v) is 4.26. The Hall–Kier alpha value is -0.360. The summed E-state index contributed by atoms with van der Waals surface area (Å²) >= 11 is 3.27. The standard InChI is InChI=1S/C12H24N2O2S2/c1-3-7-17-9-11(15)13-5-6-14-12(16)10-18-8-4-2/h3-10H2,1-2H3,(H,13,15)(H,14,16). The van der Waals surface area contributed by atoms with Gasteiger partial charge in [-0.05, 0) is 24.3 Å². The minimum Gasteiger partial charge on any atom is -0.354 e. The van der Waals surface area contributed by atoms with Gasteiger partial charge >= 0.3 is 0 Å². The number of hydrogen-bond donors (Lipinski definition) is 2. The van der Waals surface area contributed by atoms with Gasteiger partial charge in [-0.2, -0.15) is 23.5 Å². The van der Waals surface area contributed by atoms with E-state index in [9.17, 15) is 9.59 Å². The second kappa shape index (κ2) is 13.1. The zero-order valence-electron chi connectivity index (χ0n) is 11.3. The molecule has 2 N–H and O–H groups in total. The number of amides is 2. The summed E-state index contributed by atoms with van der Waals surface area (Å²) in [5.74, 6) is 3.13. The number of rotatable bonds is 11. The molecule has 0 aromatic heterocycles. The smallest absolute Gasteiger partial charge is 0.230 e. The highest BCUT2D eigenvalue weighted by atomic mass is 32.2. The highest BCUT2D eigenvalue weighted by Crippen LogP contribution is 2.01. The molecule has 0 aliphatic heterocycles. The van der Waals surface area contributed by atoms with E-state index in [4.69, 9.17) is 0 Å². The molecular formula is C12H24N2O2S2. The topological polar surface area (TPSA) is 58.2 Å². The highest BCUT2D eigenvalue weighted by Gasteiger charge is 2.02. The van der Waals surface area contributed by atoms with Crippen molar-refractivity contribution in [3.8, 4) is 0 Å². The van der Waals surface area contributed by atoms with E-state index >= 15 is 0 Å². The summed E-state index contributed by atoms with van der Waals surface area (Å²) < 4.78 is 0. The molecular weight excluding hydrogens is 268 g/mol. The molecule has 0 aliphatic carbocycles. The van der Waals surface area contributed by atoms with Gasteiger partial charge in [0.1, 0.15) is 0 Å². The Morgan fingerprint density at radius 2 is 1.22 bits per heavy atom. The number of carbonyl (C=O) groups excluding carboxylic acids is 2. The largest absolute Gasteiger partial charge is 0.354 e. The summed E-state index contributed by atoms with van der Waals surface area (Å²) in [4.78, 5) is 22.6. The molecule has 0 saturated heterocycles. The van der Waals surface area contributed by atoms with Crippen molar-refractivity contribution < 1.29 is 9.59 Å². The second-order valence-corrected chi connectivity index (χ2v) is 6.02. The summed E-state index contributed by atoms with van der Waals surface area (Å²) in [6.45, 7) is 5.21. The van der Waals surface area contributed by atoms with Crippen LogP contribution in [-0.4, -0.2) is 47.9 Å². The lowest BCUT2D eigenvalue weighted by molar-refractivity contribution is -0.120. The average molecular weight is 292 g/mol. The number of carbonyl (C=O) groups is 2. The van der Waals surface area contributed by atoms with E-state index in [0.29, 0.717) is 24.6 Å². The van der Waals surface area contributed by atoms with Gasteiger partial charge in [-0.25, -0.2) is 0 Å². The summed E-state index contributed by atoms with van der Waals surface area (Å²) in [7, 11) is 0. The molecule has 0 unspecified atom stereocenters. The molecule has 0 spiro atoms. The number of hydrogen-bond acceptors (Lipinski definition) is 4. The number of nitrogens with one attached hydrogen (secondary N) is 2. The van der Waals surface area contributed by atoms with Crippen molar-refractivity contribution in [3.63, 3.8) is 0 Å². The first-order chi connectivity index (χ1) is 8.70. The molecule has 0 fully saturated rings. The van der Waals surface area contributed by atoms with Gasteiger partial charge in [-0.1, -0.05) is 13.8 Å². The molecule has 0 saturated carbocycles. The minimum absolute atomic E-state index is 0.0445. The predicted octanol–water partition coefficient (Wildman–Crippen LogP) is 1.51. The van der Waals surface area contributed by atoms with Gasteiger partial charge in [0, 0.05) is 13.1 Å². The van der Waals surface area contributed by atoms with Crippen molar-refractivity contribution in [1.82, 2.24) is 10.6 Å². The van der Waals surface area contributed by atoms with Crippen molar-refractivity contribution in [2.75, 3.05) is 36.1 Å². The Bertz CT molecular complexity index is 214. The van der Waals surface area contributed by atoms with Gasteiger partial charge in [0.05, 0.1) is 11.5 Å². The van der Waals surface area contributed by atoms with E-state index in [0.717, 1.165) is 24.3 Å². The van der Waals surface area contributed by atoms with E-state index in [1.165, 1.54) is 0 Å². The van der Waals surface area contributed by atoms with Gasteiger partial charge in [0.2, 0.25) is 11.8 Å².